The van der Waals surface area contributed by atoms with Gasteiger partial charge in [0.15, 0.2) is 5.84 Å². The zero-order chi connectivity index (χ0) is 14.3. The summed E-state index contributed by atoms with van der Waals surface area (Å²) in [6, 6.07) is 1.96. The number of pyridine rings is 1. The topological polar surface area (TPSA) is 49.6 Å². The second kappa shape index (κ2) is 4.44. The van der Waals surface area contributed by atoms with Crippen molar-refractivity contribution in [3.63, 3.8) is 0 Å². The van der Waals surface area contributed by atoms with E-state index in [-0.39, 0.29) is 11.1 Å². The molecule has 1 aliphatic heterocycles. The molecule has 0 aromatic carbocycles. The summed E-state index contributed by atoms with van der Waals surface area (Å²) in [5.74, 6) is 0.838. The van der Waals surface area contributed by atoms with Gasteiger partial charge in [0.25, 0.3) is 0 Å². The molecule has 2 rings (SSSR count). The van der Waals surface area contributed by atoms with Gasteiger partial charge in [0.1, 0.15) is 5.71 Å². The lowest BCUT2D eigenvalue weighted by atomic mass is 10.1. The normalized spacial score (nSPS) is 19.7. The van der Waals surface area contributed by atoms with Gasteiger partial charge in [-0.05, 0) is 47.6 Å². The van der Waals surface area contributed by atoms with E-state index >= 15 is 0 Å². The number of aliphatic imine (C=N–C) groups is 2. The van der Waals surface area contributed by atoms with E-state index in [1.165, 1.54) is 0 Å². The van der Waals surface area contributed by atoms with Crippen molar-refractivity contribution in [3.05, 3.63) is 24.0 Å². The van der Waals surface area contributed by atoms with Crippen LogP contribution in [0.25, 0.3) is 0 Å². The molecule has 0 atom stereocenters. The standard InChI is InChI=1S/C15H22N4/c1-14(2,3)18-12-10-9-16-8-7-11(10)17-13(12)19-15(4,5)6/h7-9H,1-6H3,(H,17,18,19). The summed E-state index contributed by atoms with van der Waals surface area (Å²) in [7, 11) is 0. The van der Waals surface area contributed by atoms with E-state index in [4.69, 9.17) is 9.98 Å². The first kappa shape index (κ1) is 13.7. The van der Waals surface area contributed by atoms with Crippen LogP contribution in [0.1, 0.15) is 47.1 Å². The van der Waals surface area contributed by atoms with Gasteiger partial charge in [-0.25, -0.2) is 0 Å². The third-order valence-corrected chi connectivity index (χ3v) is 2.45. The highest BCUT2D eigenvalue weighted by Crippen LogP contribution is 2.26. The highest BCUT2D eigenvalue weighted by Gasteiger charge is 2.27. The molecule has 0 saturated heterocycles. The van der Waals surface area contributed by atoms with Gasteiger partial charge in [0.05, 0.1) is 16.8 Å². The summed E-state index contributed by atoms with van der Waals surface area (Å²) in [6.07, 6.45) is 3.62. The van der Waals surface area contributed by atoms with E-state index in [1.807, 2.05) is 12.3 Å². The first-order chi connectivity index (χ1) is 8.66. The van der Waals surface area contributed by atoms with Crippen LogP contribution in [0.5, 0.6) is 0 Å². The molecule has 0 aliphatic carbocycles. The zero-order valence-electron chi connectivity index (χ0n) is 12.6. The fraction of sp³-hybridized carbons (Fsp3) is 0.533. The van der Waals surface area contributed by atoms with Gasteiger partial charge in [-0.3, -0.25) is 15.0 Å². The van der Waals surface area contributed by atoms with Crippen LogP contribution in [-0.2, 0) is 0 Å². The Balaban J connectivity index is 2.55. The number of amidine groups is 1. The maximum atomic E-state index is 4.80. The van der Waals surface area contributed by atoms with Crippen LogP contribution in [0, 0.1) is 0 Å². The second-order valence-corrected chi connectivity index (χ2v) is 6.81. The third-order valence-electron chi connectivity index (χ3n) is 2.45. The van der Waals surface area contributed by atoms with E-state index in [2.05, 4.69) is 51.8 Å². The molecule has 0 saturated carbocycles. The molecule has 4 heteroatoms. The Bertz CT molecular complexity index is 542. The fourth-order valence-electron chi connectivity index (χ4n) is 1.87. The maximum Gasteiger partial charge on any atom is 0.152 e. The summed E-state index contributed by atoms with van der Waals surface area (Å²) >= 11 is 0. The van der Waals surface area contributed by atoms with Gasteiger partial charge in [-0.1, -0.05) is 0 Å². The van der Waals surface area contributed by atoms with Crippen LogP contribution in [-0.4, -0.2) is 27.6 Å². The van der Waals surface area contributed by atoms with Crippen molar-refractivity contribution < 1.29 is 0 Å². The number of fused-ring (bicyclic) bond motifs is 1. The lowest BCUT2D eigenvalue weighted by Gasteiger charge is -2.17. The third kappa shape index (κ3) is 3.40. The summed E-state index contributed by atoms with van der Waals surface area (Å²) in [6.45, 7) is 12.5. The molecule has 0 radical (unpaired) electrons. The van der Waals surface area contributed by atoms with Crippen LogP contribution in [0.4, 0.5) is 5.69 Å². The second-order valence-electron chi connectivity index (χ2n) is 6.81. The molecule has 0 unspecified atom stereocenters. The summed E-state index contributed by atoms with van der Waals surface area (Å²) in [5, 5.41) is 3.34. The molecule has 1 aromatic heterocycles. The Morgan fingerprint density at radius 2 is 1.63 bits per heavy atom. The smallest absolute Gasteiger partial charge is 0.152 e. The Labute approximate surface area is 115 Å². The number of anilines is 1. The van der Waals surface area contributed by atoms with Crippen LogP contribution >= 0.6 is 0 Å². The monoisotopic (exact) mass is 258 g/mol. The molecule has 1 aliphatic rings. The first-order valence-electron chi connectivity index (χ1n) is 6.57. The van der Waals surface area contributed by atoms with Crippen LogP contribution in [0.3, 0.4) is 0 Å². The van der Waals surface area contributed by atoms with Gasteiger partial charge >= 0.3 is 0 Å². The SMILES string of the molecule is CC(C)(C)N=C1Nc2ccncc2C1=NC(C)(C)C. The minimum absolute atomic E-state index is 0.142. The van der Waals surface area contributed by atoms with Gasteiger partial charge in [0.2, 0.25) is 0 Å². The van der Waals surface area contributed by atoms with E-state index in [9.17, 15) is 0 Å². The van der Waals surface area contributed by atoms with Gasteiger partial charge in [-0.15, -0.1) is 0 Å². The Morgan fingerprint density at radius 3 is 2.21 bits per heavy atom. The minimum atomic E-state index is -0.146. The molecule has 4 nitrogen and oxygen atoms in total. The molecule has 102 valence electrons. The van der Waals surface area contributed by atoms with Crippen molar-refractivity contribution in [1.82, 2.24) is 4.98 Å². The molecule has 0 bridgehead atoms. The van der Waals surface area contributed by atoms with E-state index in [0.29, 0.717) is 0 Å². The lowest BCUT2D eigenvalue weighted by molar-refractivity contribution is 0.580. The first-order valence-corrected chi connectivity index (χ1v) is 6.57. The van der Waals surface area contributed by atoms with Crippen molar-refractivity contribution in [3.8, 4) is 0 Å². The predicted octanol–water partition coefficient (Wildman–Crippen LogP) is 3.29. The fourth-order valence-corrected chi connectivity index (χ4v) is 1.87. The summed E-state index contributed by atoms with van der Waals surface area (Å²) in [4.78, 5) is 13.7. The van der Waals surface area contributed by atoms with Crippen molar-refractivity contribution in [2.75, 3.05) is 5.32 Å². The highest BCUT2D eigenvalue weighted by molar-refractivity contribution is 6.55. The molecule has 19 heavy (non-hydrogen) atoms. The molecule has 0 amide bonds. The van der Waals surface area contributed by atoms with Crippen LogP contribution < -0.4 is 5.32 Å². The lowest BCUT2D eigenvalue weighted by Crippen LogP contribution is -2.25. The number of hydrogen-bond donors (Lipinski definition) is 1. The molecule has 0 fully saturated rings. The van der Waals surface area contributed by atoms with E-state index in [0.717, 1.165) is 22.8 Å². The number of nitrogens with one attached hydrogen (secondary N) is 1. The number of nitrogens with zero attached hydrogens (tertiary/aromatic N) is 3. The molecule has 1 aromatic rings. The summed E-state index contributed by atoms with van der Waals surface area (Å²) in [5.41, 5.74) is 2.68. The van der Waals surface area contributed by atoms with Gasteiger partial charge in [-0.2, -0.15) is 0 Å². The quantitative estimate of drug-likeness (QED) is 0.776. The van der Waals surface area contributed by atoms with Gasteiger partial charge < -0.3 is 5.32 Å². The molecular weight excluding hydrogens is 236 g/mol. The van der Waals surface area contributed by atoms with Crippen molar-refractivity contribution >= 4 is 17.2 Å². The number of rotatable bonds is 0. The molecule has 0 spiro atoms. The van der Waals surface area contributed by atoms with E-state index in [1.54, 1.807) is 6.20 Å². The Hall–Kier alpha value is -1.71. The molecular formula is C15H22N4. The zero-order valence-corrected chi connectivity index (χ0v) is 12.6. The average molecular weight is 258 g/mol. The molecule has 2 heterocycles. The summed E-state index contributed by atoms with van der Waals surface area (Å²) < 4.78 is 0. The number of hydrogen-bond acceptors (Lipinski definition) is 3. The van der Waals surface area contributed by atoms with Crippen molar-refractivity contribution in [2.24, 2.45) is 9.98 Å². The highest BCUT2D eigenvalue weighted by atomic mass is 15.1. The molecule has 1 N–H and O–H groups in total. The Kier molecular flexibility index (Phi) is 3.20. The average Bonchev–Trinajstić information content (AvgIpc) is 2.52. The maximum absolute atomic E-state index is 4.80. The largest absolute Gasteiger partial charge is 0.338 e. The van der Waals surface area contributed by atoms with Gasteiger partial charge in [0, 0.05) is 18.0 Å². The predicted molar refractivity (Wildman–Crippen MR) is 81.3 cm³/mol. The minimum Gasteiger partial charge on any atom is -0.338 e. The Morgan fingerprint density at radius 1 is 1.00 bits per heavy atom. The van der Waals surface area contributed by atoms with Crippen molar-refractivity contribution in [1.29, 1.82) is 0 Å². The van der Waals surface area contributed by atoms with Crippen LogP contribution in [0.15, 0.2) is 28.4 Å². The van der Waals surface area contributed by atoms with Crippen LogP contribution in [0.2, 0.25) is 0 Å². The van der Waals surface area contributed by atoms with Crippen molar-refractivity contribution in [2.45, 2.75) is 52.6 Å². The number of aromatic nitrogens is 1. The van der Waals surface area contributed by atoms with E-state index < -0.39 is 0 Å².